The van der Waals surface area contributed by atoms with Crippen molar-refractivity contribution in [3.63, 3.8) is 0 Å². The number of sulfonamides is 1. The van der Waals surface area contributed by atoms with Gasteiger partial charge in [0.2, 0.25) is 10.0 Å². The summed E-state index contributed by atoms with van der Waals surface area (Å²) in [6, 6.07) is 6.49. The van der Waals surface area contributed by atoms with Crippen LogP contribution in [0.2, 0.25) is 0 Å². The lowest BCUT2D eigenvalue weighted by Crippen LogP contribution is -2.43. The molecule has 110 valence electrons. The molecule has 7 heteroatoms. The normalized spacial score (nSPS) is 16.8. The van der Waals surface area contributed by atoms with Crippen LogP contribution in [-0.2, 0) is 14.8 Å². The molecule has 0 bridgehead atoms. The molecule has 0 radical (unpaired) electrons. The van der Waals surface area contributed by atoms with E-state index in [0.29, 0.717) is 23.7 Å². The zero-order valence-corrected chi connectivity index (χ0v) is 12.1. The molecule has 0 amide bonds. The Kier molecular flexibility index (Phi) is 3.00. The number of benzene rings is 1. The molecule has 21 heavy (non-hydrogen) atoms. The summed E-state index contributed by atoms with van der Waals surface area (Å²) in [5.74, 6) is -1.14. The van der Waals surface area contributed by atoms with Crippen molar-refractivity contribution in [1.82, 2.24) is 9.71 Å². The van der Waals surface area contributed by atoms with Crippen molar-refractivity contribution in [1.29, 1.82) is 0 Å². The van der Waals surface area contributed by atoms with Gasteiger partial charge >= 0.3 is 5.97 Å². The van der Waals surface area contributed by atoms with E-state index in [-0.39, 0.29) is 4.90 Å². The molecular weight excluding hydrogens is 292 g/mol. The molecule has 0 unspecified atom stereocenters. The van der Waals surface area contributed by atoms with Crippen molar-refractivity contribution in [2.45, 2.75) is 30.2 Å². The number of nitrogens with zero attached hydrogens (tertiary/aromatic N) is 1. The Hall–Kier alpha value is -1.99. The molecule has 1 aromatic heterocycles. The van der Waals surface area contributed by atoms with E-state index in [9.17, 15) is 13.2 Å². The third-order valence-electron chi connectivity index (χ3n) is 3.71. The molecule has 1 aromatic carbocycles. The van der Waals surface area contributed by atoms with Gasteiger partial charge in [-0.25, -0.2) is 8.42 Å². The fraction of sp³-hybridized carbons (Fsp3) is 0.286. The minimum absolute atomic E-state index is 0.0590. The molecule has 6 nitrogen and oxygen atoms in total. The second-order valence-corrected chi connectivity index (χ2v) is 6.92. The molecule has 1 aliphatic rings. The number of hydrogen-bond acceptors (Lipinski definition) is 4. The average Bonchev–Trinajstić information content (AvgIpc) is 3.19. The zero-order valence-electron chi connectivity index (χ0n) is 11.3. The molecule has 2 aromatic rings. The molecule has 1 heterocycles. The van der Waals surface area contributed by atoms with E-state index in [1.54, 1.807) is 24.4 Å². The Morgan fingerprint density at radius 3 is 2.67 bits per heavy atom. The van der Waals surface area contributed by atoms with Crippen LogP contribution in [0.1, 0.15) is 18.4 Å². The monoisotopic (exact) mass is 306 g/mol. The van der Waals surface area contributed by atoms with E-state index in [2.05, 4.69) is 9.71 Å². The number of rotatable bonds is 4. The second-order valence-electron chi connectivity index (χ2n) is 5.27. The van der Waals surface area contributed by atoms with Crippen LogP contribution in [0.5, 0.6) is 0 Å². The first-order valence-corrected chi connectivity index (χ1v) is 7.96. The predicted molar refractivity (Wildman–Crippen MR) is 76.4 cm³/mol. The molecule has 0 aliphatic heterocycles. The van der Waals surface area contributed by atoms with Crippen LogP contribution in [0.25, 0.3) is 10.9 Å². The number of nitrogens with one attached hydrogen (secondary N) is 1. The number of carbonyl (C=O) groups is 1. The first-order valence-electron chi connectivity index (χ1n) is 6.47. The lowest BCUT2D eigenvalue weighted by atomic mass is 10.1. The van der Waals surface area contributed by atoms with E-state index in [1.165, 1.54) is 6.07 Å². The van der Waals surface area contributed by atoms with Gasteiger partial charge in [-0.2, -0.15) is 4.72 Å². The third kappa shape index (κ3) is 2.28. The molecule has 0 spiro atoms. The van der Waals surface area contributed by atoms with Gasteiger partial charge in [-0.15, -0.1) is 0 Å². The van der Waals surface area contributed by atoms with Gasteiger partial charge in [0.15, 0.2) is 0 Å². The number of carboxylic acid groups (broad SMARTS) is 1. The van der Waals surface area contributed by atoms with Crippen LogP contribution in [0.15, 0.2) is 35.4 Å². The summed E-state index contributed by atoms with van der Waals surface area (Å²) in [7, 11) is -3.91. The lowest BCUT2D eigenvalue weighted by molar-refractivity contribution is -0.140. The van der Waals surface area contributed by atoms with Gasteiger partial charge < -0.3 is 5.11 Å². The largest absolute Gasteiger partial charge is 0.480 e. The second kappa shape index (κ2) is 4.51. The quantitative estimate of drug-likeness (QED) is 0.891. The summed E-state index contributed by atoms with van der Waals surface area (Å²) in [5, 5.41) is 9.62. The molecule has 1 fully saturated rings. The fourth-order valence-corrected chi connectivity index (χ4v) is 3.94. The van der Waals surface area contributed by atoms with Crippen molar-refractivity contribution >= 4 is 26.9 Å². The van der Waals surface area contributed by atoms with Gasteiger partial charge in [0.1, 0.15) is 5.54 Å². The van der Waals surface area contributed by atoms with Gasteiger partial charge in [-0.05, 0) is 43.5 Å². The Morgan fingerprint density at radius 1 is 1.33 bits per heavy atom. The predicted octanol–water partition coefficient (Wildman–Crippen LogP) is 1.44. The number of aryl methyl sites for hydroxylation is 1. The topological polar surface area (TPSA) is 96.4 Å². The maximum atomic E-state index is 12.5. The molecule has 0 saturated heterocycles. The minimum Gasteiger partial charge on any atom is -0.480 e. The molecule has 1 saturated carbocycles. The van der Waals surface area contributed by atoms with Gasteiger partial charge in [-0.3, -0.25) is 9.78 Å². The van der Waals surface area contributed by atoms with Crippen LogP contribution in [0.4, 0.5) is 0 Å². The van der Waals surface area contributed by atoms with Crippen LogP contribution in [0, 0.1) is 6.92 Å². The van der Waals surface area contributed by atoms with Gasteiger partial charge in [0.05, 0.1) is 10.4 Å². The smallest absolute Gasteiger partial charge is 0.324 e. The number of carboxylic acids is 1. The van der Waals surface area contributed by atoms with Crippen molar-refractivity contribution in [3.8, 4) is 0 Å². The first-order chi connectivity index (χ1) is 9.86. The number of fused-ring (bicyclic) bond motifs is 1. The summed E-state index contributed by atoms with van der Waals surface area (Å²) in [4.78, 5) is 15.4. The van der Waals surface area contributed by atoms with E-state index >= 15 is 0 Å². The summed E-state index contributed by atoms with van der Waals surface area (Å²) in [6.45, 7) is 1.85. The van der Waals surface area contributed by atoms with Crippen molar-refractivity contribution in [3.05, 3.63) is 36.0 Å². The fourth-order valence-electron chi connectivity index (χ4n) is 2.32. The highest BCUT2D eigenvalue weighted by Crippen LogP contribution is 2.37. The molecule has 1 aliphatic carbocycles. The maximum absolute atomic E-state index is 12.5. The number of hydrogen-bond donors (Lipinski definition) is 2. The van der Waals surface area contributed by atoms with Crippen molar-refractivity contribution in [2.24, 2.45) is 0 Å². The summed E-state index contributed by atoms with van der Waals surface area (Å²) >= 11 is 0. The van der Waals surface area contributed by atoms with E-state index in [1.807, 2.05) is 6.92 Å². The Labute approximate surface area is 121 Å². The Morgan fingerprint density at radius 2 is 2.05 bits per heavy atom. The van der Waals surface area contributed by atoms with E-state index < -0.39 is 21.5 Å². The molecular formula is C14H14N2O4S. The molecule has 2 N–H and O–H groups in total. The number of pyridine rings is 1. The van der Waals surface area contributed by atoms with Crippen LogP contribution >= 0.6 is 0 Å². The highest BCUT2D eigenvalue weighted by molar-refractivity contribution is 7.89. The average molecular weight is 306 g/mol. The van der Waals surface area contributed by atoms with Gasteiger partial charge in [0, 0.05) is 11.6 Å². The van der Waals surface area contributed by atoms with Crippen LogP contribution in [0.3, 0.4) is 0 Å². The van der Waals surface area contributed by atoms with Crippen molar-refractivity contribution < 1.29 is 18.3 Å². The standard InChI is InChI=1S/C14H14N2O4S/c1-9-4-5-11(10-3-2-8-15-12(9)10)21(19,20)16-14(6-7-14)13(17)18/h2-5,8,16H,6-7H2,1H3,(H,17,18). The van der Waals surface area contributed by atoms with Gasteiger partial charge in [-0.1, -0.05) is 6.07 Å². The summed E-state index contributed by atoms with van der Waals surface area (Å²) in [5.41, 5.74) is 0.114. The van der Waals surface area contributed by atoms with Crippen molar-refractivity contribution in [2.75, 3.05) is 0 Å². The third-order valence-corrected chi connectivity index (χ3v) is 5.30. The first kappa shape index (κ1) is 14.0. The Balaban J connectivity index is 2.12. The Bertz CT molecular complexity index is 841. The van der Waals surface area contributed by atoms with Crippen LogP contribution < -0.4 is 4.72 Å². The van der Waals surface area contributed by atoms with Gasteiger partial charge in [0.25, 0.3) is 0 Å². The lowest BCUT2D eigenvalue weighted by Gasteiger charge is -2.14. The number of aliphatic carboxylic acids is 1. The SMILES string of the molecule is Cc1ccc(S(=O)(=O)NC2(C(=O)O)CC2)c2cccnc12. The molecule has 0 atom stereocenters. The van der Waals surface area contributed by atoms with E-state index in [0.717, 1.165) is 5.56 Å². The highest BCUT2D eigenvalue weighted by Gasteiger charge is 2.53. The maximum Gasteiger partial charge on any atom is 0.324 e. The van der Waals surface area contributed by atoms with E-state index in [4.69, 9.17) is 5.11 Å². The zero-order chi connectivity index (χ0) is 15.3. The highest BCUT2D eigenvalue weighted by atomic mass is 32.2. The minimum atomic E-state index is -3.91. The summed E-state index contributed by atoms with van der Waals surface area (Å²) in [6.07, 6.45) is 2.21. The van der Waals surface area contributed by atoms with Crippen LogP contribution in [-0.4, -0.2) is 30.0 Å². The molecule has 3 rings (SSSR count). The number of aromatic nitrogens is 1. The summed E-state index contributed by atoms with van der Waals surface area (Å²) < 4.78 is 27.3.